The second kappa shape index (κ2) is 5.81. The monoisotopic (exact) mass is 281 g/mol. The molecule has 1 heterocycles. The van der Waals surface area contributed by atoms with Crippen molar-refractivity contribution in [3.8, 4) is 0 Å². The second-order valence-corrected chi connectivity index (χ2v) is 4.76. The summed E-state index contributed by atoms with van der Waals surface area (Å²) in [5.41, 5.74) is 2.00. The Bertz CT molecular complexity index is 749. The molecule has 1 aromatic heterocycles. The van der Waals surface area contributed by atoms with Gasteiger partial charge in [-0.1, -0.05) is 48.5 Å². The van der Waals surface area contributed by atoms with Gasteiger partial charge in [-0.3, -0.25) is 4.79 Å². The van der Waals surface area contributed by atoms with Crippen LogP contribution in [0.25, 0.3) is 11.0 Å². The molecule has 0 saturated heterocycles. The molecule has 4 nitrogen and oxygen atoms in total. The van der Waals surface area contributed by atoms with Gasteiger partial charge < -0.3 is 14.8 Å². The normalized spacial score (nSPS) is 12.2. The van der Waals surface area contributed by atoms with E-state index in [2.05, 4.69) is 5.32 Å². The summed E-state index contributed by atoms with van der Waals surface area (Å²) >= 11 is 0. The van der Waals surface area contributed by atoms with Gasteiger partial charge in [-0.05, 0) is 11.6 Å². The molecule has 0 spiro atoms. The van der Waals surface area contributed by atoms with E-state index >= 15 is 0 Å². The van der Waals surface area contributed by atoms with Gasteiger partial charge >= 0.3 is 0 Å². The van der Waals surface area contributed by atoms with E-state index in [1.54, 1.807) is 0 Å². The number of amides is 1. The van der Waals surface area contributed by atoms with Crippen molar-refractivity contribution in [3.05, 3.63) is 72.0 Å². The lowest BCUT2D eigenvalue weighted by Gasteiger charge is -2.16. The maximum absolute atomic E-state index is 12.4. The molecule has 1 unspecified atom stereocenters. The van der Waals surface area contributed by atoms with Crippen molar-refractivity contribution in [2.24, 2.45) is 0 Å². The van der Waals surface area contributed by atoms with Crippen LogP contribution in [0.2, 0.25) is 0 Å². The van der Waals surface area contributed by atoms with Crippen molar-refractivity contribution in [2.75, 3.05) is 6.61 Å². The number of fused-ring (bicyclic) bond motifs is 1. The van der Waals surface area contributed by atoms with Crippen molar-refractivity contribution < 1.29 is 14.3 Å². The number of aliphatic hydroxyl groups excluding tert-OH is 1. The molecule has 1 atom stereocenters. The molecule has 2 aromatic carbocycles. The molecule has 2 N–H and O–H groups in total. The summed E-state index contributed by atoms with van der Waals surface area (Å²) in [6, 6.07) is 16.3. The summed E-state index contributed by atoms with van der Waals surface area (Å²) in [6.07, 6.45) is 1.44. The number of furan rings is 1. The second-order valence-electron chi connectivity index (χ2n) is 4.76. The Morgan fingerprint density at radius 1 is 1.10 bits per heavy atom. The molecule has 0 bridgehead atoms. The Hall–Kier alpha value is -2.59. The van der Waals surface area contributed by atoms with Crippen molar-refractivity contribution in [2.45, 2.75) is 6.04 Å². The van der Waals surface area contributed by atoms with Crippen LogP contribution in [-0.4, -0.2) is 17.6 Å². The van der Waals surface area contributed by atoms with Gasteiger partial charge in [-0.2, -0.15) is 0 Å². The highest BCUT2D eigenvalue weighted by atomic mass is 16.3. The summed E-state index contributed by atoms with van der Waals surface area (Å²) < 4.78 is 5.37. The maximum Gasteiger partial charge on any atom is 0.255 e. The number of rotatable bonds is 4. The zero-order valence-corrected chi connectivity index (χ0v) is 11.3. The van der Waals surface area contributed by atoms with Crippen LogP contribution in [0.5, 0.6) is 0 Å². The zero-order chi connectivity index (χ0) is 14.7. The van der Waals surface area contributed by atoms with Crippen LogP contribution in [0.4, 0.5) is 0 Å². The molecular weight excluding hydrogens is 266 g/mol. The third-order valence-electron chi connectivity index (χ3n) is 3.42. The summed E-state index contributed by atoms with van der Waals surface area (Å²) in [4.78, 5) is 12.4. The Morgan fingerprint density at radius 2 is 1.81 bits per heavy atom. The minimum Gasteiger partial charge on any atom is -0.463 e. The molecule has 1 amide bonds. The summed E-state index contributed by atoms with van der Waals surface area (Å²) in [5.74, 6) is -0.261. The van der Waals surface area contributed by atoms with E-state index in [1.807, 2.05) is 54.6 Å². The van der Waals surface area contributed by atoms with Gasteiger partial charge in [0, 0.05) is 5.39 Å². The van der Waals surface area contributed by atoms with Crippen LogP contribution < -0.4 is 5.32 Å². The number of carbonyl (C=O) groups is 1. The van der Waals surface area contributed by atoms with Crippen molar-refractivity contribution in [1.82, 2.24) is 5.32 Å². The van der Waals surface area contributed by atoms with Crippen molar-refractivity contribution in [1.29, 1.82) is 0 Å². The minimum absolute atomic E-state index is 0.161. The number of carbonyl (C=O) groups excluding carboxylic acids is 1. The van der Waals surface area contributed by atoms with Gasteiger partial charge in [0.05, 0.1) is 18.2 Å². The highest BCUT2D eigenvalue weighted by Crippen LogP contribution is 2.21. The van der Waals surface area contributed by atoms with Crippen molar-refractivity contribution in [3.63, 3.8) is 0 Å². The topological polar surface area (TPSA) is 62.5 Å². The fourth-order valence-corrected chi connectivity index (χ4v) is 2.31. The van der Waals surface area contributed by atoms with Crippen LogP contribution in [0, 0.1) is 0 Å². The van der Waals surface area contributed by atoms with E-state index in [9.17, 15) is 9.90 Å². The van der Waals surface area contributed by atoms with Gasteiger partial charge in [0.2, 0.25) is 0 Å². The highest BCUT2D eigenvalue weighted by molar-refractivity contribution is 6.06. The van der Waals surface area contributed by atoms with E-state index in [-0.39, 0.29) is 12.5 Å². The minimum atomic E-state index is -0.438. The lowest BCUT2D eigenvalue weighted by molar-refractivity contribution is 0.0917. The third-order valence-corrected chi connectivity index (χ3v) is 3.42. The summed E-state index contributed by atoms with van der Waals surface area (Å²) in [6.45, 7) is -0.161. The van der Waals surface area contributed by atoms with Gasteiger partial charge in [-0.15, -0.1) is 0 Å². The highest BCUT2D eigenvalue weighted by Gasteiger charge is 2.18. The molecule has 3 aromatic rings. The molecule has 106 valence electrons. The number of hydrogen-bond acceptors (Lipinski definition) is 3. The first kappa shape index (κ1) is 13.4. The average Bonchev–Trinajstić information content (AvgIpc) is 2.97. The Balaban J connectivity index is 1.85. The van der Waals surface area contributed by atoms with Gasteiger partial charge in [0.15, 0.2) is 0 Å². The summed E-state index contributed by atoms with van der Waals surface area (Å²) in [7, 11) is 0. The number of para-hydroxylation sites is 1. The van der Waals surface area contributed by atoms with Crippen LogP contribution in [0.15, 0.2) is 65.3 Å². The van der Waals surface area contributed by atoms with E-state index in [0.29, 0.717) is 11.1 Å². The van der Waals surface area contributed by atoms with E-state index in [4.69, 9.17) is 4.42 Å². The van der Waals surface area contributed by atoms with E-state index < -0.39 is 6.04 Å². The zero-order valence-electron chi connectivity index (χ0n) is 11.3. The number of benzene rings is 2. The van der Waals surface area contributed by atoms with Crippen molar-refractivity contribution >= 4 is 16.9 Å². The lowest BCUT2D eigenvalue weighted by Crippen LogP contribution is -2.30. The fourth-order valence-electron chi connectivity index (χ4n) is 2.31. The first-order chi connectivity index (χ1) is 10.3. The van der Waals surface area contributed by atoms with Crippen LogP contribution in [0.3, 0.4) is 0 Å². The Morgan fingerprint density at radius 3 is 2.57 bits per heavy atom. The predicted molar refractivity (Wildman–Crippen MR) is 79.9 cm³/mol. The molecular formula is C17H15NO3. The molecule has 4 heteroatoms. The molecule has 0 aliphatic rings. The van der Waals surface area contributed by atoms with Gasteiger partial charge in [0.25, 0.3) is 5.91 Å². The maximum atomic E-state index is 12.4. The SMILES string of the molecule is O=C(NC(CO)c1ccccc1)c1coc2ccccc12. The van der Waals surface area contributed by atoms with Crippen LogP contribution in [-0.2, 0) is 0 Å². The largest absolute Gasteiger partial charge is 0.463 e. The standard InChI is InChI=1S/C17H15NO3/c19-10-15(12-6-2-1-3-7-12)18-17(20)14-11-21-16-9-5-4-8-13(14)16/h1-9,11,15,19H,10H2,(H,18,20). The third kappa shape index (κ3) is 2.66. The molecule has 0 aliphatic heterocycles. The predicted octanol–water partition coefficient (Wildman–Crippen LogP) is 2.90. The number of aliphatic hydroxyl groups is 1. The Kier molecular flexibility index (Phi) is 3.71. The molecule has 21 heavy (non-hydrogen) atoms. The lowest BCUT2D eigenvalue weighted by atomic mass is 10.1. The molecule has 0 radical (unpaired) electrons. The molecule has 0 aliphatic carbocycles. The molecule has 0 fully saturated rings. The smallest absolute Gasteiger partial charge is 0.255 e. The first-order valence-electron chi connectivity index (χ1n) is 6.72. The number of nitrogens with one attached hydrogen (secondary N) is 1. The molecule has 0 saturated carbocycles. The van der Waals surface area contributed by atoms with E-state index in [0.717, 1.165) is 10.9 Å². The average molecular weight is 281 g/mol. The Labute approximate surface area is 122 Å². The fraction of sp³-hybridized carbons (Fsp3) is 0.118. The number of hydrogen-bond donors (Lipinski definition) is 2. The van der Waals surface area contributed by atoms with Crippen LogP contribution in [0.1, 0.15) is 22.0 Å². The quantitative estimate of drug-likeness (QED) is 0.773. The van der Waals surface area contributed by atoms with Gasteiger partial charge in [-0.25, -0.2) is 0 Å². The first-order valence-corrected chi connectivity index (χ1v) is 6.72. The van der Waals surface area contributed by atoms with E-state index in [1.165, 1.54) is 6.26 Å². The van der Waals surface area contributed by atoms with Gasteiger partial charge in [0.1, 0.15) is 11.8 Å². The molecule has 3 rings (SSSR count). The van der Waals surface area contributed by atoms with Crippen LogP contribution >= 0.6 is 0 Å². The summed E-state index contributed by atoms with van der Waals surface area (Å²) in [5, 5.41) is 13.1.